The van der Waals surface area contributed by atoms with Gasteiger partial charge in [-0.15, -0.1) is 0 Å². The fraction of sp³-hybridized carbons (Fsp3) is 0.800. The highest BCUT2D eigenvalue weighted by molar-refractivity contribution is 9.10. The topological polar surface area (TPSA) is 21.1 Å². The Balaban J connectivity index is 1.73. The molecule has 106 valence electrons. The molecule has 0 amide bonds. The molecule has 19 heavy (non-hydrogen) atoms. The second-order valence-corrected chi connectivity index (χ2v) is 7.07. The van der Waals surface area contributed by atoms with E-state index >= 15 is 0 Å². The Kier molecular flexibility index (Phi) is 3.99. The summed E-state index contributed by atoms with van der Waals surface area (Å²) in [5, 5.41) is 4.61. The SMILES string of the molecule is CCc1nn(C)c(CN2CC3CCCC(C3)C2)c1Br. The predicted octanol–water partition coefficient (Wildman–Crippen LogP) is 3.37. The van der Waals surface area contributed by atoms with E-state index in [0.29, 0.717) is 0 Å². The number of rotatable bonds is 3. The first-order valence-corrected chi connectivity index (χ1v) is 8.39. The first-order chi connectivity index (χ1) is 9.17. The zero-order valence-electron chi connectivity index (χ0n) is 12.0. The lowest BCUT2D eigenvalue weighted by Gasteiger charge is -2.41. The Morgan fingerprint density at radius 3 is 2.53 bits per heavy atom. The molecule has 3 rings (SSSR count). The molecule has 2 unspecified atom stereocenters. The van der Waals surface area contributed by atoms with Crippen molar-refractivity contribution in [3.63, 3.8) is 0 Å². The molecule has 0 N–H and O–H groups in total. The van der Waals surface area contributed by atoms with Crippen molar-refractivity contribution < 1.29 is 0 Å². The van der Waals surface area contributed by atoms with Crippen LogP contribution in [0.2, 0.25) is 0 Å². The third-order valence-corrected chi connectivity index (χ3v) is 5.72. The predicted molar refractivity (Wildman–Crippen MR) is 81.0 cm³/mol. The van der Waals surface area contributed by atoms with E-state index < -0.39 is 0 Å². The van der Waals surface area contributed by atoms with Gasteiger partial charge in [0, 0.05) is 26.7 Å². The van der Waals surface area contributed by atoms with Gasteiger partial charge in [-0.3, -0.25) is 9.58 Å². The highest BCUT2D eigenvalue weighted by atomic mass is 79.9. The first-order valence-electron chi connectivity index (χ1n) is 7.60. The number of piperidine rings is 1. The average Bonchev–Trinajstić information content (AvgIpc) is 2.66. The number of halogens is 1. The Morgan fingerprint density at radius 1 is 1.26 bits per heavy atom. The number of aryl methyl sites for hydroxylation is 2. The summed E-state index contributed by atoms with van der Waals surface area (Å²) in [7, 11) is 2.07. The zero-order valence-corrected chi connectivity index (χ0v) is 13.6. The summed E-state index contributed by atoms with van der Waals surface area (Å²) in [5.74, 6) is 1.90. The van der Waals surface area contributed by atoms with Crippen molar-refractivity contribution in [2.45, 2.75) is 45.6 Å². The Labute approximate surface area is 124 Å². The van der Waals surface area contributed by atoms with Crippen molar-refractivity contribution in [1.82, 2.24) is 14.7 Å². The van der Waals surface area contributed by atoms with E-state index in [2.05, 4.69) is 44.6 Å². The van der Waals surface area contributed by atoms with E-state index in [1.807, 2.05) is 0 Å². The van der Waals surface area contributed by atoms with Crippen molar-refractivity contribution in [2.24, 2.45) is 18.9 Å². The number of fused-ring (bicyclic) bond motifs is 2. The molecule has 0 aromatic carbocycles. The highest BCUT2D eigenvalue weighted by Crippen LogP contribution is 2.35. The van der Waals surface area contributed by atoms with Crippen LogP contribution in [0.15, 0.2) is 4.47 Å². The third kappa shape index (κ3) is 2.75. The molecular formula is C15H24BrN3. The van der Waals surface area contributed by atoms with Crippen LogP contribution in [0.3, 0.4) is 0 Å². The van der Waals surface area contributed by atoms with Crippen molar-refractivity contribution >= 4 is 15.9 Å². The van der Waals surface area contributed by atoms with Crippen LogP contribution < -0.4 is 0 Å². The maximum Gasteiger partial charge on any atom is 0.0767 e. The van der Waals surface area contributed by atoms with Gasteiger partial charge in [-0.25, -0.2) is 0 Å². The lowest BCUT2D eigenvalue weighted by Crippen LogP contribution is -2.42. The normalized spacial score (nSPS) is 27.7. The molecular weight excluding hydrogens is 302 g/mol. The first kappa shape index (κ1) is 13.6. The van der Waals surface area contributed by atoms with Crippen LogP contribution in [-0.2, 0) is 20.0 Å². The minimum absolute atomic E-state index is 0.949. The van der Waals surface area contributed by atoms with Crippen molar-refractivity contribution in [1.29, 1.82) is 0 Å². The van der Waals surface area contributed by atoms with Crippen LogP contribution in [0.1, 0.15) is 44.0 Å². The number of likely N-dealkylation sites (tertiary alicyclic amines) is 1. The minimum Gasteiger partial charge on any atom is -0.297 e. The summed E-state index contributed by atoms with van der Waals surface area (Å²) in [6.07, 6.45) is 6.82. The van der Waals surface area contributed by atoms with E-state index in [1.165, 1.54) is 54.6 Å². The fourth-order valence-corrected chi connectivity index (χ4v) is 4.61. The van der Waals surface area contributed by atoms with Crippen molar-refractivity contribution in [2.75, 3.05) is 13.1 Å². The van der Waals surface area contributed by atoms with Crippen LogP contribution >= 0.6 is 15.9 Å². The largest absolute Gasteiger partial charge is 0.297 e. The minimum atomic E-state index is 0.949. The summed E-state index contributed by atoms with van der Waals surface area (Å²) < 4.78 is 3.29. The molecule has 0 radical (unpaired) electrons. The van der Waals surface area contributed by atoms with E-state index in [9.17, 15) is 0 Å². The molecule has 2 bridgehead atoms. The molecule has 4 heteroatoms. The van der Waals surface area contributed by atoms with Gasteiger partial charge in [0.25, 0.3) is 0 Å². The second-order valence-electron chi connectivity index (χ2n) is 6.28. The molecule has 2 aliphatic rings. The Hall–Kier alpha value is -0.350. The summed E-state index contributed by atoms with van der Waals surface area (Å²) in [4.78, 5) is 2.65. The summed E-state index contributed by atoms with van der Waals surface area (Å²) >= 11 is 3.74. The zero-order chi connectivity index (χ0) is 13.4. The van der Waals surface area contributed by atoms with Crippen LogP contribution in [0, 0.1) is 11.8 Å². The molecule has 2 fully saturated rings. The van der Waals surface area contributed by atoms with Gasteiger partial charge in [-0.05, 0) is 53.4 Å². The maximum atomic E-state index is 4.61. The van der Waals surface area contributed by atoms with Gasteiger partial charge in [0.2, 0.25) is 0 Å². The van der Waals surface area contributed by atoms with Gasteiger partial charge in [0.1, 0.15) is 0 Å². The molecule has 1 saturated carbocycles. The van der Waals surface area contributed by atoms with E-state index in [1.54, 1.807) is 0 Å². The average molecular weight is 326 g/mol. The fourth-order valence-electron chi connectivity index (χ4n) is 3.87. The van der Waals surface area contributed by atoms with E-state index in [4.69, 9.17) is 0 Å². The maximum absolute atomic E-state index is 4.61. The molecule has 1 aliphatic carbocycles. The number of hydrogen-bond acceptors (Lipinski definition) is 2. The monoisotopic (exact) mass is 325 g/mol. The lowest BCUT2D eigenvalue weighted by molar-refractivity contribution is 0.0788. The molecule has 1 aliphatic heterocycles. The van der Waals surface area contributed by atoms with Crippen molar-refractivity contribution in [3.8, 4) is 0 Å². The van der Waals surface area contributed by atoms with Gasteiger partial charge in [0.15, 0.2) is 0 Å². The Morgan fingerprint density at radius 2 is 1.95 bits per heavy atom. The van der Waals surface area contributed by atoms with Gasteiger partial charge >= 0.3 is 0 Å². The van der Waals surface area contributed by atoms with Crippen LogP contribution in [0.25, 0.3) is 0 Å². The van der Waals surface area contributed by atoms with Crippen molar-refractivity contribution in [3.05, 3.63) is 15.9 Å². The smallest absolute Gasteiger partial charge is 0.0767 e. The van der Waals surface area contributed by atoms with Gasteiger partial charge in [-0.2, -0.15) is 5.10 Å². The molecule has 2 atom stereocenters. The van der Waals surface area contributed by atoms with Gasteiger partial charge < -0.3 is 0 Å². The molecule has 3 nitrogen and oxygen atoms in total. The number of nitrogens with zero attached hydrogens (tertiary/aromatic N) is 3. The van der Waals surface area contributed by atoms with E-state index in [0.717, 1.165) is 24.8 Å². The number of aromatic nitrogens is 2. The third-order valence-electron chi connectivity index (χ3n) is 4.80. The molecule has 2 heterocycles. The molecule has 1 saturated heterocycles. The lowest BCUT2D eigenvalue weighted by atomic mass is 9.78. The van der Waals surface area contributed by atoms with Crippen LogP contribution in [0.5, 0.6) is 0 Å². The Bertz CT molecular complexity index is 442. The number of hydrogen-bond donors (Lipinski definition) is 0. The molecule has 1 aromatic heterocycles. The summed E-state index contributed by atoms with van der Waals surface area (Å²) in [5.41, 5.74) is 2.53. The quantitative estimate of drug-likeness (QED) is 0.849. The molecule has 0 spiro atoms. The van der Waals surface area contributed by atoms with Gasteiger partial charge in [0.05, 0.1) is 15.9 Å². The molecule has 1 aromatic rings. The van der Waals surface area contributed by atoms with Gasteiger partial charge in [-0.1, -0.05) is 13.3 Å². The summed E-state index contributed by atoms with van der Waals surface area (Å²) in [6.45, 7) is 5.80. The second kappa shape index (κ2) is 5.57. The summed E-state index contributed by atoms with van der Waals surface area (Å²) in [6, 6.07) is 0. The highest BCUT2D eigenvalue weighted by Gasteiger charge is 2.31. The standard InChI is InChI=1S/C15H24BrN3/c1-3-13-15(16)14(18(2)17-13)10-19-8-11-5-4-6-12(7-11)9-19/h11-12H,3-10H2,1-2H3. The van der Waals surface area contributed by atoms with Crippen LogP contribution in [-0.4, -0.2) is 27.8 Å². The van der Waals surface area contributed by atoms with E-state index in [-0.39, 0.29) is 0 Å². The van der Waals surface area contributed by atoms with Crippen LogP contribution in [0.4, 0.5) is 0 Å².